The number of hydrogen-bond donors (Lipinski definition) is 1. The normalized spacial score (nSPS) is 22.7. The van der Waals surface area contributed by atoms with Crippen LogP contribution in [0.3, 0.4) is 0 Å². The number of nitrogens with zero attached hydrogens (tertiary/aromatic N) is 3. The summed E-state index contributed by atoms with van der Waals surface area (Å²) in [7, 11) is 0. The summed E-state index contributed by atoms with van der Waals surface area (Å²) >= 11 is 0. The maximum absolute atomic E-state index is 12.1. The first-order chi connectivity index (χ1) is 10.0. The highest BCUT2D eigenvalue weighted by atomic mass is 16.4. The summed E-state index contributed by atoms with van der Waals surface area (Å²) in [5, 5.41) is 9.42. The molecule has 0 amide bonds. The number of aromatic nitrogens is 2. The molecule has 110 valence electrons. The maximum atomic E-state index is 12.1. The predicted octanol–water partition coefficient (Wildman–Crippen LogP) is 1.13. The Balaban J connectivity index is 1.95. The van der Waals surface area contributed by atoms with Crippen molar-refractivity contribution in [3.63, 3.8) is 0 Å². The molecule has 1 N–H and O–H groups in total. The van der Waals surface area contributed by atoms with Crippen molar-refractivity contribution in [2.75, 3.05) is 6.54 Å². The molecule has 1 aliphatic rings. The van der Waals surface area contributed by atoms with Crippen LogP contribution in [-0.2, 0) is 11.3 Å². The summed E-state index contributed by atoms with van der Waals surface area (Å²) in [6, 6.07) is 6.85. The first kappa shape index (κ1) is 13.8. The van der Waals surface area contributed by atoms with Crippen LogP contribution in [0.4, 0.5) is 0 Å². The van der Waals surface area contributed by atoms with Gasteiger partial charge >= 0.3 is 5.97 Å². The van der Waals surface area contributed by atoms with Crippen LogP contribution in [0.25, 0.3) is 5.65 Å². The van der Waals surface area contributed by atoms with Crippen molar-refractivity contribution in [2.24, 2.45) is 0 Å². The zero-order chi connectivity index (χ0) is 15.0. The van der Waals surface area contributed by atoms with Crippen molar-refractivity contribution < 1.29 is 9.90 Å². The Morgan fingerprint density at radius 1 is 1.48 bits per heavy atom. The average Bonchev–Trinajstić information content (AvgIpc) is 2.82. The number of pyridine rings is 1. The minimum atomic E-state index is -0.872. The van der Waals surface area contributed by atoms with Crippen LogP contribution in [-0.4, -0.2) is 37.4 Å². The third kappa shape index (κ3) is 2.31. The van der Waals surface area contributed by atoms with Crippen LogP contribution in [0.1, 0.15) is 25.5 Å². The second-order valence-corrected chi connectivity index (χ2v) is 5.62. The summed E-state index contributed by atoms with van der Waals surface area (Å²) in [6.45, 7) is 2.82. The van der Waals surface area contributed by atoms with Gasteiger partial charge in [-0.2, -0.15) is 0 Å². The molecule has 6 heteroatoms. The van der Waals surface area contributed by atoms with E-state index in [1.165, 1.54) is 10.5 Å². The van der Waals surface area contributed by atoms with Crippen molar-refractivity contribution in [2.45, 2.75) is 31.8 Å². The van der Waals surface area contributed by atoms with Gasteiger partial charge in [0.15, 0.2) is 0 Å². The fourth-order valence-corrected chi connectivity index (χ4v) is 2.89. The quantitative estimate of drug-likeness (QED) is 0.916. The fourth-order valence-electron chi connectivity index (χ4n) is 2.89. The van der Waals surface area contributed by atoms with Gasteiger partial charge in [-0.15, -0.1) is 0 Å². The molecular weight excluding hydrogens is 270 g/mol. The minimum absolute atomic E-state index is 0.146. The Kier molecular flexibility index (Phi) is 3.25. The van der Waals surface area contributed by atoms with Gasteiger partial charge < -0.3 is 5.11 Å². The molecular formula is C15H17N3O3. The van der Waals surface area contributed by atoms with Gasteiger partial charge in [-0.25, -0.2) is 4.98 Å². The zero-order valence-electron chi connectivity index (χ0n) is 11.8. The summed E-state index contributed by atoms with van der Waals surface area (Å²) in [6.07, 6.45) is 3.13. The van der Waals surface area contributed by atoms with E-state index in [0.717, 1.165) is 6.42 Å². The van der Waals surface area contributed by atoms with E-state index in [2.05, 4.69) is 4.98 Å². The largest absolute Gasteiger partial charge is 0.480 e. The number of aliphatic carboxylic acids is 1. The molecule has 0 aromatic carbocycles. The van der Waals surface area contributed by atoms with E-state index in [0.29, 0.717) is 30.9 Å². The topological polar surface area (TPSA) is 74.9 Å². The van der Waals surface area contributed by atoms with E-state index >= 15 is 0 Å². The monoisotopic (exact) mass is 287 g/mol. The summed E-state index contributed by atoms with van der Waals surface area (Å²) in [4.78, 5) is 29.9. The molecule has 6 nitrogen and oxygen atoms in total. The van der Waals surface area contributed by atoms with Gasteiger partial charge in [-0.3, -0.25) is 18.9 Å². The number of carboxylic acid groups (broad SMARTS) is 1. The van der Waals surface area contributed by atoms with Crippen LogP contribution in [0, 0.1) is 0 Å². The van der Waals surface area contributed by atoms with Crippen molar-refractivity contribution in [3.05, 3.63) is 46.5 Å². The molecule has 1 fully saturated rings. The lowest BCUT2D eigenvalue weighted by Gasteiger charge is -2.30. The molecule has 3 heterocycles. The van der Waals surface area contributed by atoms with Crippen LogP contribution >= 0.6 is 0 Å². The van der Waals surface area contributed by atoms with E-state index in [1.807, 2.05) is 11.0 Å². The lowest BCUT2D eigenvalue weighted by atomic mass is 9.99. The number of rotatable bonds is 3. The van der Waals surface area contributed by atoms with E-state index < -0.39 is 11.5 Å². The molecule has 3 rings (SSSR count). The van der Waals surface area contributed by atoms with Crippen molar-refractivity contribution in [1.82, 2.24) is 14.3 Å². The molecule has 0 saturated carbocycles. The number of fused-ring (bicyclic) bond motifs is 1. The van der Waals surface area contributed by atoms with E-state index in [9.17, 15) is 14.7 Å². The minimum Gasteiger partial charge on any atom is -0.480 e. The van der Waals surface area contributed by atoms with Gasteiger partial charge in [-0.05, 0) is 38.4 Å². The smallest absolute Gasteiger partial charge is 0.323 e. The Labute approximate surface area is 121 Å². The van der Waals surface area contributed by atoms with Gasteiger partial charge in [0.05, 0.1) is 5.69 Å². The lowest BCUT2D eigenvalue weighted by molar-refractivity contribution is -0.148. The number of carboxylic acids is 1. The molecule has 2 aromatic heterocycles. The molecule has 0 radical (unpaired) electrons. The van der Waals surface area contributed by atoms with E-state index in [4.69, 9.17) is 0 Å². The van der Waals surface area contributed by atoms with Gasteiger partial charge in [0, 0.05) is 18.8 Å². The second-order valence-electron chi connectivity index (χ2n) is 5.62. The number of hydrogen-bond acceptors (Lipinski definition) is 4. The molecule has 0 aliphatic carbocycles. The number of likely N-dealkylation sites (tertiary alicyclic amines) is 1. The Hall–Kier alpha value is -2.21. The Morgan fingerprint density at radius 3 is 3.05 bits per heavy atom. The van der Waals surface area contributed by atoms with E-state index in [-0.39, 0.29) is 5.56 Å². The second kappa shape index (κ2) is 4.96. The molecule has 1 atom stereocenters. The summed E-state index contributed by atoms with van der Waals surface area (Å²) in [5.74, 6) is -0.822. The van der Waals surface area contributed by atoms with Crippen LogP contribution in [0.2, 0.25) is 0 Å². The highest BCUT2D eigenvalue weighted by molar-refractivity contribution is 5.78. The first-order valence-electron chi connectivity index (χ1n) is 6.96. The molecule has 1 unspecified atom stereocenters. The van der Waals surface area contributed by atoms with Crippen molar-refractivity contribution in [3.8, 4) is 0 Å². The number of carbonyl (C=O) groups is 1. The highest BCUT2D eigenvalue weighted by Gasteiger charge is 2.43. The third-order valence-corrected chi connectivity index (χ3v) is 4.23. The SMILES string of the molecule is CC1(C(=O)O)CCCN1Cc1cc(=O)n2ccccc2n1. The zero-order valence-corrected chi connectivity index (χ0v) is 11.8. The highest BCUT2D eigenvalue weighted by Crippen LogP contribution is 2.30. The lowest BCUT2D eigenvalue weighted by Crippen LogP contribution is -2.47. The van der Waals surface area contributed by atoms with Gasteiger partial charge in [0.25, 0.3) is 5.56 Å². The third-order valence-electron chi connectivity index (χ3n) is 4.23. The maximum Gasteiger partial charge on any atom is 0.323 e. The Morgan fingerprint density at radius 2 is 2.29 bits per heavy atom. The molecule has 1 aliphatic heterocycles. The van der Waals surface area contributed by atoms with Crippen molar-refractivity contribution in [1.29, 1.82) is 0 Å². The molecule has 0 bridgehead atoms. The summed E-state index contributed by atoms with van der Waals surface area (Å²) < 4.78 is 1.48. The van der Waals surface area contributed by atoms with Crippen molar-refractivity contribution >= 4 is 11.6 Å². The van der Waals surface area contributed by atoms with Gasteiger partial charge in [0.2, 0.25) is 0 Å². The van der Waals surface area contributed by atoms with Gasteiger partial charge in [-0.1, -0.05) is 6.07 Å². The van der Waals surface area contributed by atoms with Gasteiger partial charge in [0.1, 0.15) is 11.2 Å². The molecule has 1 saturated heterocycles. The van der Waals surface area contributed by atoms with Crippen LogP contribution < -0.4 is 5.56 Å². The van der Waals surface area contributed by atoms with E-state index in [1.54, 1.807) is 25.3 Å². The summed E-state index contributed by atoms with van der Waals surface area (Å²) in [5.41, 5.74) is 0.174. The predicted molar refractivity (Wildman–Crippen MR) is 77.1 cm³/mol. The molecule has 21 heavy (non-hydrogen) atoms. The first-order valence-corrected chi connectivity index (χ1v) is 6.96. The molecule has 2 aromatic rings. The average molecular weight is 287 g/mol. The fraction of sp³-hybridized carbons (Fsp3) is 0.400. The Bertz CT molecular complexity index is 755. The standard InChI is InChI=1S/C15H17N3O3/c1-15(14(20)21)6-4-7-17(15)10-11-9-13(19)18-8-3-2-5-12(18)16-11/h2-3,5,8-9H,4,6-7,10H2,1H3,(H,20,21). The van der Waals surface area contributed by atoms with Crippen LogP contribution in [0.5, 0.6) is 0 Å². The van der Waals surface area contributed by atoms with Crippen LogP contribution in [0.15, 0.2) is 35.3 Å². The molecule has 0 spiro atoms.